The predicted octanol–water partition coefficient (Wildman–Crippen LogP) is 1.41. The summed E-state index contributed by atoms with van der Waals surface area (Å²) in [6.45, 7) is 1.04. The highest BCUT2D eigenvalue weighted by atomic mass is 32.2. The summed E-state index contributed by atoms with van der Waals surface area (Å²) in [4.78, 5) is 16.1. The molecule has 2 rings (SSSR count). The van der Waals surface area contributed by atoms with Crippen LogP contribution in [0.5, 0.6) is 0 Å². The minimum atomic E-state index is -0.116. The zero-order chi connectivity index (χ0) is 14.2. The molecule has 1 atom stereocenters. The lowest BCUT2D eigenvalue weighted by molar-refractivity contribution is 0.0948. The molecule has 0 saturated carbocycles. The minimum absolute atomic E-state index is 0.116. The highest BCUT2D eigenvalue weighted by molar-refractivity contribution is 7.99. The van der Waals surface area contributed by atoms with Crippen molar-refractivity contribution in [2.45, 2.75) is 24.5 Å². The Hall–Kier alpha value is -1.51. The molecule has 1 aliphatic heterocycles. The van der Waals surface area contributed by atoms with Gasteiger partial charge in [0, 0.05) is 23.6 Å². The van der Waals surface area contributed by atoms with E-state index in [9.17, 15) is 4.79 Å². The standard InChI is InChI=1S/C15H19N3OS/c16-8-3-4-12-6-7-14(17-10-12)15(19)18-11-13-5-1-2-9-20-13/h6-7,10,13H,1-2,5,8-9,11,16H2,(H,18,19). The van der Waals surface area contributed by atoms with Gasteiger partial charge < -0.3 is 11.1 Å². The van der Waals surface area contributed by atoms with E-state index in [4.69, 9.17) is 5.73 Å². The van der Waals surface area contributed by atoms with Gasteiger partial charge in [-0.2, -0.15) is 11.8 Å². The summed E-state index contributed by atoms with van der Waals surface area (Å²) in [7, 11) is 0. The molecule has 1 aromatic heterocycles. The third-order valence-electron chi connectivity index (χ3n) is 3.10. The minimum Gasteiger partial charge on any atom is -0.350 e. The number of hydrogen-bond acceptors (Lipinski definition) is 4. The Morgan fingerprint density at radius 1 is 1.50 bits per heavy atom. The number of rotatable bonds is 3. The number of hydrogen-bond donors (Lipinski definition) is 2. The molecule has 1 aliphatic rings. The Morgan fingerprint density at radius 2 is 2.40 bits per heavy atom. The predicted molar refractivity (Wildman–Crippen MR) is 82.6 cm³/mol. The van der Waals surface area contributed by atoms with Crippen LogP contribution < -0.4 is 11.1 Å². The molecule has 1 aromatic rings. The lowest BCUT2D eigenvalue weighted by Gasteiger charge is -2.21. The lowest BCUT2D eigenvalue weighted by Crippen LogP contribution is -2.32. The monoisotopic (exact) mass is 289 g/mol. The summed E-state index contributed by atoms with van der Waals surface area (Å²) in [5.41, 5.74) is 6.51. The average Bonchev–Trinajstić information content (AvgIpc) is 2.52. The normalized spacial score (nSPS) is 17.9. The number of amides is 1. The fraction of sp³-hybridized carbons (Fsp3) is 0.467. The van der Waals surface area contributed by atoms with Gasteiger partial charge in [0.05, 0.1) is 6.54 Å². The highest BCUT2D eigenvalue weighted by Crippen LogP contribution is 2.24. The van der Waals surface area contributed by atoms with Crippen molar-refractivity contribution < 1.29 is 4.79 Å². The molecule has 0 aromatic carbocycles. The number of nitrogens with zero attached hydrogens (tertiary/aromatic N) is 1. The maximum absolute atomic E-state index is 12.0. The highest BCUT2D eigenvalue weighted by Gasteiger charge is 2.15. The van der Waals surface area contributed by atoms with E-state index in [1.807, 2.05) is 11.8 Å². The second kappa shape index (κ2) is 7.93. The SMILES string of the molecule is NCC#Cc1ccc(C(=O)NCC2CCCCS2)nc1. The molecule has 0 bridgehead atoms. The number of aromatic nitrogens is 1. The van der Waals surface area contributed by atoms with Gasteiger partial charge in [0.15, 0.2) is 0 Å². The second-order valence-electron chi connectivity index (χ2n) is 4.64. The van der Waals surface area contributed by atoms with Crippen molar-refractivity contribution in [2.75, 3.05) is 18.8 Å². The molecule has 2 heterocycles. The van der Waals surface area contributed by atoms with Crippen LogP contribution in [-0.4, -0.2) is 35.0 Å². The quantitative estimate of drug-likeness (QED) is 0.826. The Bertz CT molecular complexity index is 498. The molecule has 1 unspecified atom stereocenters. The van der Waals surface area contributed by atoms with Crippen molar-refractivity contribution in [1.82, 2.24) is 10.3 Å². The van der Waals surface area contributed by atoms with Crippen LogP contribution >= 0.6 is 11.8 Å². The summed E-state index contributed by atoms with van der Waals surface area (Å²) < 4.78 is 0. The van der Waals surface area contributed by atoms with Crippen LogP contribution in [0.2, 0.25) is 0 Å². The van der Waals surface area contributed by atoms with E-state index in [0.717, 1.165) is 12.1 Å². The van der Waals surface area contributed by atoms with Gasteiger partial charge >= 0.3 is 0 Å². The van der Waals surface area contributed by atoms with Crippen molar-refractivity contribution >= 4 is 17.7 Å². The Labute approximate surface area is 123 Å². The number of thioether (sulfide) groups is 1. The number of nitrogens with two attached hydrogens (primary N) is 1. The van der Waals surface area contributed by atoms with Crippen LogP contribution in [0.4, 0.5) is 0 Å². The van der Waals surface area contributed by atoms with Crippen molar-refractivity contribution in [3.63, 3.8) is 0 Å². The Morgan fingerprint density at radius 3 is 3.05 bits per heavy atom. The first kappa shape index (κ1) is 14.9. The smallest absolute Gasteiger partial charge is 0.269 e. The number of carbonyl (C=O) groups is 1. The molecule has 1 saturated heterocycles. The second-order valence-corrected chi connectivity index (χ2v) is 6.04. The van der Waals surface area contributed by atoms with Crippen LogP contribution in [-0.2, 0) is 0 Å². The molecular formula is C15H19N3OS. The zero-order valence-electron chi connectivity index (χ0n) is 11.4. The summed E-state index contributed by atoms with van der Waals surface area (Å²) in [5.74, 6) is 6.72. The van der Waals surface area contributed by atoms with Crippen LogP contribution in [0.25, 0.3) is 0 Å². The number of carbonyl (C=O) groups excluding carboxylic acids is 1. The fourth-order valence-electron chi connectivity index (χ4n) is 2.02. The van der Waals surface area contributed by atoms with E-state index in [1.54, 1.807) is 18.3 Å². The van der Waals surface area contributed by atoms with Crippen LogP contribution in [0.1, 0.15) is 35.3 Å². The van der Waals surface area contributed by atoms with Crippen molar-refractivity contribution in [3.8, 4) is 11.8 Å². The van der Waals surface area contributed by atoms with Gasteiger partial charge in [0.1, 0.15) is 5.69 Å². The van der Waals surface area contributed by atoms with E-state index in [2.05, 4.69) is 22.1 Å². The van der Waals surface area contributed by atoms with Gasteiger partial charge in [-0.15, -0.1) is 0 Å². The van der Waals surface area contributed by atoms with E-state index in [0.29, 0.717) is 17.5 Å². The first-order valence-electron chi connectivity index (χ1n) is 6.84. The maximum atomic E-state index is 12.0. The van der Waals surface area contributed by atoms with E-state index >= 15 is 0 Å². The van der Waals surface area contributed by atoms with E-state index in [1.165, 1.54) is 25.0 Å². The Kier molecular flexibility index (Phi) is 5.90. The molecule has 1 amide bonds. The molecular weight excluding hydrogens is 270 g/mol. The number of nitrogens with one attached hydrogen (secondary N) is 1. The first-order chi connectivity index (χ1) is 9.79. The van der Waals surface area contributed by atoms with Gasteiger partial charge in [-0.1, -0.05) is 18.3 Å². The van der Waals surface area contributed by atoms with Crippen molar-refractivity contribution in [3.05, 3.63) is 29.6 Å². The van der Waals surface area contributed by atoms with E-state index in [-0.39, 0.29) is 5.91 Å². The molecule has 106 valence electrons. The molecule has 5 heteroatoms. The summed E-state index contributed by atoms with van der Waals surface area (Å²) in [6.07, 6.45) is 5.35. The number of pyridine rings is 1. The lowest BCUT2D eigenvalue weighted by atomic mass is 10.2. The third kappa shape index (κ3) is 4.55. The van der Waals surface area contributed by atoms with Crippen LogP contribution in [0.3, 0.4) is 0 Å². The molecule has 1 fully saturated rings. The van der Waals surface area contributed by atoms with Gasteiger partial charge in [-0.05, 0) is 30.7 Å². The first-order valence-corrected chi connectivity index (χ1v) is 7.89. The average molecular weight is 289 g/mol. The fourth-order valence-corrected chi connectivity index (χ4v) is 3.26. The van der Waals surface area contributed by atoms with Gasteiger partial charge in [-0.25, -0.2) is 4.98 Å². The molecule has 0 aliphatic carbocycles. The summed E-state index contributed by atoms with van der Waals surface area (Å²) >= 11 is 1.95. The van der Waals surface area contributed by atoms with Gasteiger partial charge in [-0.3, -0.25) is 4.79 Å². The zero-order valence-corrected chi connectivity index (χ0v) is 12.2. The molecule has 3 N–H and O–H groups in total. The van der Waals surface area contributed by atoms with E-state index < -0.39 is 0 Å². The molecule has 4 nitrogen and oxygen atoms in total. The summed E-state index contributed by atoms with van der Waals surface area (Å²) in [5, 5.41) is 3.50. The van der Waals surface area contributed by atoms with Gasteiger partial charge in [0.2, 0.25) is 0 Å². The van der Waals surface area contributed by atoms with Crippen LogP contribution in [0, 0.1) is 11.8 Å². The molecule has 0 spiro atoms. The van der Waals surface area contributed by atoms with Gasteiger partial charge in [0.25, 0.3) is 5.91 Å². The molecule has 20 heavy (non-hydrogen) atoms. The third-order valence-corrected chi connectivity index (χ3v) is 4.49. The van der Waals surface area contributed by atoms with Crippen molar-refractivity contribution in [1.29, 1.82) is 0 Å². The molecule has 0 radical (unpaired) electrons. The largest absolute Gasteiger partial charge is 0.350 e. The summed E-state index contributed by atoms with van der Waals surface area (Å²) in [6, 6.07) is 3.49. The topological polar surface area (TPSA) is 68.0 Å². The van der Waals surface area contributed by atoms with Crippen LogP contribution in [0.15, 0.2) is 18.3 Å². The Balaban J connectivity index is 1.85. The van der Waals surface area contributed by atoms with Crippen molar-refractivity contribution in [2.24, 2.45) is 5.73 Å². The maximum Gasteiger partial charge on any atom is 0.269 e.